The second-order valence-electron chi connectivity index (χ2n) is 5.84. The molecule has 1 aromatic carbocycles. The predicted octanol–water partition coefficient (Wildman–Crippen LogP) is 4.72. The SMILES string of the molecule is Cc1csc(C(CC2CCCc3ccccc32)NN)c1Cl. The largest absolute Gasteiger partial charge is 0.271 e. The quantitative estimate of drug-likeness (QED) is 0.631. The van der Waals surface area contributed by atoms with Crippen molar-refractivity contribution in [2.75, 3.05) is 0 Å². The molecule has 2 nitrogen and oxygen atoms in total. The Morgan fingerprint density at radius 3 is 2.95 bits per heavy atom. The van der Waals surface area contributed by atoms with Crippen molar-refractivity contribution in [3.8, 4) is 0 Å². The molecule has 0 saturated carbocycles. The van der Waals surface area contributed by atoms with Crippen molar-refractivity contribution in [1.82, 2.24) is 5.43 Å². The van der Waals surface area contributed by atoms with Gasteiger partial charge in [-0.2, -0.15) is 0 Å². The average Bonchev–Trinajstić information content (AvgIpc) is 2.85. The number of nitrogens with one attached hydrogen (secondary N) is 1. The Labute approximate surface area is 135 Å². The number of benzene rings is 1. The molecule has 3 N–H and O–H groups in total. The monoisotopic (exact) mass is 320 g/mol. The molecule has 2 unspecified atom stereocenters. The topological polar surface area (TPSA) is 38.0 Å². The number of hydrogen-bond donors (Lipinski definition) is 2. The molecular formula is C17H21ClN2S. The van der Waals surface area contributed by atoms with E-state index in [1.165, 1.54) is 35.3 Å². The minimum Gasteiger partial charge on any atom is -0.271 e. The van der Waals surface area contributed by atoms with Crippen LogP contribution in [0.25, 0.3) is 0 Å². The maximum atomic E-state index is 6.42. The van der Waals surface area contributed by atoms with E-state index in [0.29, 0.717) is 5.92 Å². The van der Waals surface area contributed by atoms with Gasteiger partial charge in [0.1, 0.15) is 0 Å². The van der Waals surface area contributed by atoms with Crippen molar-refractivity contribution in [3.63, 3.8) is 0 Å². The summed E-state index contributed by atoms with van der Waals surface area (Å²) < 4.78 is 0. The zero-order chi connectivity index (χ0) is 14.8. The van der Waals surface area contributed by atoms with Crippen molar-refractivity contribution in [3.05, 3.63) is 56.2 Å². The number of aryl methyl sites for hydroxylation is 2. The van der Waals surface area contributed by atoms with Crippen LogP contribution in [0, 0.1) is 6.92 Å². The number of hydrogen-bond acceptors (Lipinski definition) is 3. The summed E-state index contributed by atoms with van der Waals surface area (Å²) in [7, 11) is 0. The molecule has 4 heteroatoms. The van der Waals surface area contributed by atoms with Crippen LogP contribution in [0.15, 0.2) is 29.6 Å². The van der Waals surface area contributed by atoms with Crippen molar-refractivity contribution >= 4 is 22.9 Å². The van der Waals surface area contributed by atoms with Gasteiger partial charge in [0.2, 0.25) is 0 Å². The van der Waals surface area contributed by atoms with Gasteiger partial charge in [0, 0.05) is 4.88 Å². The summed E-state index contributed by atoms with van der Waals surface area (Å²) in [5.74, 6) is 6.38. The first-order valence-corrected chi connectivity index (χ1v) is 8.74. The van der Waals surface area contributed by atoms with Crippen molar-refractivity contribution in [2.45, 2.75) is 44.6 Å². The fraction of sp³-hybridized carbons (Fsp3) is 0.412. The maximum absolute atomic E-state index is 6.42. The molecule has 0 aliphatic heterocycles. The summed E-state index contributed by atoms with van der Waals surface area (Å²) in [6.45, 7) is 2.05. The number of hydrazine groups is 1. The summed E-state index contributed by atoms with van der Waals surface area (Å²) in [4.78, 5) is 1.17. The lowest BCUT2D eigenvalue weighted by molar-refractivity contribution is 0.430. The lowest BCUT2D eigenvalue weighted by Gasteiger charge is -2.28. The van der Waals surface area contributed by atoms with E-state index in [4.69, 9.17) is 17.4 Å². The molecule has 0 bridgehead atoms. The summed E-state index contributed by atoms with van der Waals surface area (Å²) in [5, 5.41) is 2.98. The van der Waals surface area contributed by atoms with Crippen LogP contribution in [0.2, 0.25) is 5.02 Å². The maximum Gasteiger partial charge on any atom is 0.0590 e. The molecule has 0 spiro atoms. The Bertz CT molecular complexity index is 623. The summed E-state index contributed by atoms with van der Waals surface area (Å²) in [5.41, 5.74) is 7.11. The Balaban J connectivity index is 1.84. The number of fused-ring (bicyclic) bond motifs is 1. The molecule has 1 aromatic heterocycles. The molecule has 112 valence electrons. The molecule has 21 heavy (non-hydrogen) atoms. The van der Waals surface area contributed by atoms with E-state index in [2.05, 4.69) is 35.1 Å². The molecule has 2 aromatic rings. The number of halogens is 1. The van der Waals surface area contributed by atoms with Gasteiger partial charge < -0.3 is 0 Å². The van der Waals surface area contributed by atoms with Crippen LogP contribution >= 0.6 is 22.9 Å². The minimum absolute atomic E-state index is 0.132. The van der Waals surface area contributed by atoms with Crippen LogP contribution in [0.4, 0.5) is 0 Å². The van der Waals surface area contributed by atoms with Gasteiger partial charge in [-0.15, -0.1) is 11.3 Å². The predicted molar refractivity (Wildman–Crippen MR) is 90.9 cm³/mol. The van der Waals surface area contributed by atoms with E-state index in [1.807, 2.05) is 6.92 Å². The smallest absolute Gasteiger partial charge is 0.0590 e. The van der Waals surface area contributed by atoms with Gasteiger partial charge >= 0.3 is 0 Å². The first-order valence-electron chi connectivity index (χ1n) is 7.48. The number of thiophene rings is 1. The second-order valence-corrected chi connectivity index (χ2v) is 7.13. The van der Waals surface area contributed by atoms with Crippen molar-refractivity contribution in [1.29, 1.82) is 0 Å². The zero-order valence-electron chi connectivity index (χ0n) is 12.2. The van der Waals surface area contributed by atoms with E-state index in [-0.39, 0.29) is 6.04 Å². The first kappa shape index (κ1) is 15.0. The van der Waals surface area contributed by atoms with Gasteiger partial charge in [-0.1, -0.05) is 35.9 Å². The van der Waals surface area contributed by atoms with Gasteiger partial charge in [0.25, 0.3) is 0 Å². The van der Waals surface area contributed by atoms with E-state index >= 15 is 0 Å². The normalized spacial score (nSPS) is 19.3. The van der Waals surface area contributed by atoms with Crippen LogP contribution < -0.4 is 11.3 Å². The van der Waals surface area contributed by atoms with Crippen LogP contribution in [-0.4, -0.2) is 0 Å². The van der Waals surface area contributed by atoms with E-state index in [9.17, 15) is 0 Å². The fourth-order valence-corrected chi connectivity index (χ4v) is 4.72. The van der Waals surface area contributed by atoms with Gasteiger partial charge in [0.05, 0.1) is 11.1 Å². The third-order valence-electron chi connectivity index (χ3n) is 4.46. The van der Waals surface area contributed by atoms with E-state index < -0.39 is 0 Å². The standard InChI is InChI=1S/C17H21ClN2S/c1-11-10-21-17(16(11)18)15(20-19)9-13-7-4-6-12-5-2-3-8-14(12)13/h2-3,5,8,10,13,15,20H,4,6-7,9,19H2,1H3. The molecule has 0 radical (unpaired) electrons. The first-order chi connectivity index (χ1) is 10.2. The third kappa shape index (κ3) is 3.02. The highest BCUT2D eigenvalue weighted by atomic mass is 35.5. The lowest BCUT2D eigenvalue weighted by atomic mass is 9.79. The van der Waals surface area contributed by atoms with E-state index in [0.717, 1.165) is 17.0 Å². The molecule has 1 heterocycles. The summed E-state index contributed by atoms with van der Waals surface area (Å²) >= 11 is 8.12. The molecule has 0 fully saturated rings. The average molecular weight is 321 g/mol. The van der Waals surface area contributed by atoms with Crippen molar-refractivity contribution in [2.24, 2.45) is 5.84 Å². The van der Waals surface area contributed by atoms with Crippen LogP contribution in [0.5, 0.6) is 0 Å². The Hall–Kier alpha value is -0.870. The number of rotatable bonds is 4. The fourth-order valence-electron chi connectivity index (χ4n) is 3.32. The highest BCUT2D eigenvalue weighted by Crippen LogP contribution is 2.41. The molecule has 3 rings (SSSR count). The Morgan fingerprint density at radius 2 is 2.24 bits per heavy atom. The molecule has 0 saturated heterocycles. The summed E-state index contributed by atoms with van der Waals surface area (Å²) in [6.07, 6.45) is 4.70. The number of nitrogens with two attached hydrogens (primary N) is 1. The van der Waals surface area contributed by atoms with E-state index in [1.54, 1.807) is 11.3 Å². The highest BCUT2D eigenvalue weighted by molar-refractivity contribution is 7.10. The Kier molecular flexibility index (Phi) is 4.65. The zero-order valence-corrected chi connectivity index (χ0v) is 13.8. The van der Waals surface area contributed by atoms with Gasteiger partial charge in [-0.25, -0.2) is 0 Å². The third-order valence-corrected chi connectivity index (χ3v) is 6.28. The van der Waals surface area contributed by atoms with Crippen LogP contribution in [0.1, 0.15) is 52.8 Å². The Morgan fingerprint density at radius 1 is 1.43 bits per heavy atom. The second kappa shape index (κ2) is 6.49. The molecule has 1 aliphatic rings. The van der Waals surface area contributed by atoms with Crippen LogP contribution in [-0.2, 0) is 6.42 Å². The highest BCUT2D eigenvalue weighted by Gasteiger charge is 2.25. The molecular weight excluding hydrogens is 300 g/mol. The lowest BCUT2D eigenvalue weighted by Crippen LogP contribution is -2.29. The molecule has 1 aliphatic carbocycles. The van der Waals surface area contributed by atoms with Gasteiger partial charge in [-0.3, -0.25) is 11.3 Å². The van der Waals surface area contributed by atoms with Crippen LogP contribution in [0.3, 0.4) is 0 Å². The minimum atomic E-state index is 0.132. The summed E-state index contributed by atoms with van der Waals surface area (Å²) in [6, 6.07) is 8.94. The van der Waals surface area contributed by atoms with Gasteiger partial charge in [-0.05, 0) is 60.6 Å². The molecule has 2 atom stereocenters. The van der Waals surface area contributed by atoms with Crippen molar-refractivity contribution < 1.29 is 0 Å². The van der Waals surface area contributed by atoms with Gasteiger partial charge in [0.15, 0.2) is 0 Å². The molecule has 0 amide bonds.